The van der Waals surface area contributed by atoms with Crippen LogP contribution in [0.5, 0.6) is 0 Å². The van der Waals surface area contributed by atoms with Gasteiger partial charge in [0, 0.05) is 0 Å². The summed E-state index contributed by atoms with van der Waals surface area (Å²) in [4.78, 5) is 0. The summed E-state index contributed by atoms with van der Waals surface area (Å²) < 4.78 is 0. The fourth-order valence-electron chi connectivity index (χ4n) is 1.79. The highest BCUT2D eigenvalue weighted by Crippen LogP contribution is 2.16. The molecule has 15 heavy (non-hydrogen) atoms. The lowest BCUT2D eigenvalue weighted by Crippen LogP contribution is -2.69. The number of nitrogens with two attached hydrogens (primary N) is 2. The third-order valence-electron chi connectivity index (χ3n) is 2.55. The molecule has 1 aliphatic heterocycles. The largest absolute Gasteiger partial charge is 0.303 e. The van der Waals surface area contributed by atoms with Crippen LogP contribution in [0, 0.1) is 6.92 Å². The minimum absolute atomic E-state index is 0.00236. The third-order valence-corrected chi connectivity index (χ3v) is 2.55. The first-order chi connectivity index (χ1) is 7.16. The number of aryl methyl sites for hydroxylation is 1. The minimum atomic E-state index is -0.286. The van der Waals surface area contributed by atoms with Crippen molar-refractivity contribution in [2.45, 2.75) is 25.7 Å². The van der Waals surface area contributed by atoms with E-state index < -0.39 is 0 Å². The van der Waals surface area contributed by atoms with Gasteiger partial charge in [0.1, 0.15) is 12.6 Å². The molecular formula is C10H17N5. The maximum Gasteiger partial charge on any atom is 0.113 e. The van der Waals surface area contributed by atoms with E-state index in [-0.39, 0.29) is 18.7 Å². The number of nitrogens with one attached hydrogen (secondary N) is 3. The Morgan fingerprint density at radius 3 is 2.20 bits per heavy atom. The third kappa shape index (κ3) is 2.34. The zero-order valence-corrected chi connectivity index (χ0v) is 8.70. The van der Waals surface area contributed by atoms with E-state index in [1.807, 2.05) is 12.1 Å². The van der Waals surface area contributed by atoms with Crippen molar-refractivity contribution in [1.29, 1.82) is 0 Å². The van der Waals surface area contributed by atoms with Crippen LogP contribution in [0.25, 0.3) is 0 Å². The summed E-state index contributed by atoms with van der Waals surface area (Å²) in [6, 6.07) is 8.15. The van der Waals surface area contributed by atoms with Crippen LogP contribution in [0.2, 0.25) is 0 Å². The Morgan fingerprint density at radius 1 is 1.00 bits per heavy atom. The normalized spacial score (nSPS) is 31.5. The first kappa shape index (κ1) is 10.5. The molecule has 0 radical (unpaired) electrons. The monoisotopic (exact) mass is 207 g/mol. The molecule has 0 aromatic heterocycles. The first-order valence-corrected chi connectivity index (χ1v) is 5.01. The highest BCUT2D eigenvalue weighted by Gasteiger charge is 2.23. The summed E-state index contributed by atoms with van der Waals surface area (Å²) in [6.07, 6.45) is -0.575. The standard InChI is InChI=1S/C10H17N5/c1-6-4-2-3-5-7(6)8-13-9(11)15-10(12)14-8/h2-5,8-10,13-15H,11-12H2,1H3. The molecule has 1 heterocycles. The maximum atomic E-state index is 5.76. The predicted molar refractivity (Wildman–Crippen MR) is 59.3 cm³/mol. The highest BCUT2D eigenvalue weighted by molar-refractivity contribution is 5.28. The topological polar surface area (TPSA) is 88.1 Å². The lowest BCUT2D eigenvalue weighted by molar-refractivity contribution is 0.207. The lowest BCUT2D eigenvalue weighted by Gasteiger charge is -2.35. The Morgan fingerprint density at radius 2 is 1.60 bits per heavy atom. The molecule has 1 fully saturated rings. The second kappa shape index (κ2) is 4.26. The summed E-state index contributed by atoms with van der Waals surface area (Å²) in [5.41, 5.74) is 13.9. The number of rotatable bonds is 1. The smallest absolute Gasteiger partial charge is 0.113 e. The molecule has 0 amide bonds. The van der Waals surface area contributed by atoms with E-state index in [0.29, 0.717) is 0 Å². The molecule has 1 aromatic carbocycles. The molecule has 1 aromatic rings. The molecule has 0 spiro atoms. The average Bonchev–Trinajstić information content (AvgIpc) is 2.16. The van der Waals surface area contributed by atoms with Crippen molar-refractivity contribution in [3.63, 3.8) is 0 Å². The van der Waals surface area contributed by atoms with Gasteiger partial charge in [-0.2, -0.15) is 0 Å². The van der Waals surface area contributed by atoms with Crippen LogP contribution in [0.3, 0.4) is 0 Å². The summed E-state index contributed by atoms with van der Waals surface area (Å²) in [5.74, 6) is 0. The van der Waals surface area contributed by atoms with Crippen LogP contribution >= 0.6 is 0 Å². The Hall–Kier alpha value is -0.980. The fourth-order valence-corrected chi connectivity index (χ4v) is 1.79. The van der Waals surface area contributed by atoms with Gasteiger partial charge in [0.15, 0.2) is 0 Å². The van der Waals surface area contributed by atoms with E-state index >= 15 is 0 Å². The molecule has 2 unspecified atom stereocenters. The van der Waals surface area contributed by atoms with Gasteiger partial charge in [0.05, 0.1) is 6.17 Å². The minimum Gasteiger partial charge on any atom is -0.303 e. The van der Waals surface area contributed by atoms with Gasteiger partial charge in [0.25, 0.3) is 0 Å². The van der Waals surface area contributed by atoms with Gasteiger partial charge in [-0.05, 0) is 18.1 Å². The molecule has 2 atom stereocenters. The SMILES string of the molecule is Cc1ccccc1C1NC(N)NC(N)N1. The van der Waals surface area contributed by atoms with Crippen LogP contribution < -0.4 is 27.4 Å². The van der Waals surface area contributed by atoms with Crippen molar-refractivity contribution in [1.82, 2.24) is 16.0 Å². The van der Waals surface area contributed by atoms with E-state index in [4.69, 9.17) is 11.5 Å². The van der Waals surface area contributed by atoms with E-state index in [9.17, 15) is 0 Å². The molecule has 5 nitrogen and oxygen atoms in total. The van der Waals surface area contributed by atoms with E-state index in [2.05, 4.69) is 35.0 Å². The second-order valence-electron chi connectivity index (χ2n) is 3.74. The summed E-state index contributed by atoms with van der Waals surface area (Å²) in [5, 5.41) is 9.29. The van der Waals surface area contributed by atoms with Gasteiger partial charge < -0.3 is 11.5 Å². The van der Waals surface area contributed by atoms with Crippen molar-refractivity contribution in [3.8, 4) is 0 Å². The molecule has 2 rings (SSSR count). The van der Waals surface area contributed by atoms with Crippen molar-refractivity contribution in [2.75, 3.05) is 0 Å². The Kier molecular flexibility index (Phi) is 2.99. The van der Waals surface area contributed by atoms with Crippen LogP contribution in [-0.4, -0.2) is 12.6 Å². The average molecular weight is 207 g/mol. The summed E-state index contributed by atoms with van der Waals surface area (Å²) in [7, 11) is 0. The van der Waals surface area contributed by atoms with Crippen molar-refractivity contribution < 1.29 is 0 Å². The molecule has 0 saturated carbocycles. The van der Waals surface area contributed by atoms with Gasteiger partial charge in [-0.25, -0.2) is 0 Å². The van der Waals surface area contributed by atoms with E-state index in [1.54, 1.807) is 0 Å². The molecule has 82 valence electrons. The molecule has 0 aliphatic carbocycles. The van der Waals surface area contributed by atoms with Crippen molar-refractivity contribution in [2.24, 2.45) is 11.5 Å². The predicted octanol–water partition coefficient (Wildman–Crippen LogP) is -0.739. The summed E-state index contributed by atoms with van der Waals surface area (Å²) in [6.45, 7) is 2.07. The van der Waals surface area contributed by atoms with Crippen LogP contribution in [0.15, 0.2) is 24.3 Å². The van der Waals surface area contributed by atoms with Gasteiger partial charge in [-0.15, -0.1) is 0 Å². The summed E-state index contributed by atoms with van der Waals surface area (Å²) >= 11 is 0. The maximum absolute atomic E-state index is 5.76. The van der Waals surface area contributed by atoms with E-state index in [0.717, 1.165) is 0 Å². The number of hydrogen-bond acceptors (Lipinski definition) is 5. The van der Waals surface area contributed by atoms with Gasteiger partial charge in [0.2, 0.25) is 0 Å². The Labute approximate surface area is 89.2 Å². The van der Waals surface area contributed by atoms with Gasteiger partial charge >= 0.3 is 0 Å². The fraction of sp³-hybridized carbons (Fsp3) is 0.400. The number of benzene rings is 1. The molecule has 1 saturated heterocycles. The molecule has 7 N–H and O–H groups in total. The Balaban J connectivity index is 2.20. The molecule has 5 heteroatoms. The van der Waals surface area contributed by atoms with Gasteiger partial charge in [-0.1, -0.05) is 24.3 Å². The van der Waals surface area contributed by atoms with Crippen LogP contribution in [0.4, 0.5) is 0 Å². The zero-order chi connectivity index (χ0) is 10.8. The lowest BCUT2D eigenvalue weighted by atomic mass is 10.1. The van der Waals surface area contributed by atoms with Crippen molar-refractivity contribution >= 4 is 0 Å². The molecular weight excluding hydrogens is 190 g/mol. The van der Waals surface area contributed by atoms with Crippen LogP contribution in [-0.2, 0) is 0 Å². The molecule has 0 bridgehead atoms. The van der Waals surface area contributed by atoms with Gasteiger partial charge in [-0.3, -0.25) is 16.0 Å². The highest BCUT2D eigenvalue weighted by atomic mass is 15.4. The second-order valence-corrected chi connectivity index (χ2v) is 3.74. The zero-order valence-electron chi connectivity index (χ0n) is 8.70. The molecule has 1 aliphatic rings. The van der Waals surface area contributed by atoms with Crippen molar-refractivity contribution in [3.05, 3.63) is 35.4 Å². The quantitative estimate of drug-likeness (QED) is 0.419. The van der Waals surface area contributed by atoms with E-state index in [1.165, 1.54) is 11.1 Å². The number of hydrogen-bond donors (Lipinski definition) is 5. The van der Waals surface area contributed by atoms with Crippen LogP contribution in [0.1, 0.15) is 17.3 Å². The first-order valence-electron chi connectivity index (χ1n) is 5.01. The Bertz CT molecular complexity index is 330.